The maximum absolute atomic E-state index is 13.6. The standard InChI is InChI=1S/C27H29N3O3/c1-16-10-12-18(13-11-16)21-20-22(28(5)26(32)29(6)25(20)31)23-24(19-9-7-8-17(2)14-19)33-15-27(3,4)30(21)23/h7-14,24H,15H2,1-6H3/t24-/m0/s1. The van der Waals surface area contributed by atoms with E-state index in [2.05, 4.69) is 61.7 Å². The van der Waals surface area contributed by atoms with Crippen molar-refractivity contribution in [3.05, 3.63) is 91.8 Å². The number of ether oxygens (including phenoxy) is 1. The van der Waals surface area contributed by atoms with Crippen LogP contribution in [0.4, 0.5) is 0 Å². The topological polar surface area (TPSA) is 58.2 Å². The van der Waals surface area contributed by atoms with Gasteiger partial charge in [-0.05, 0) is 38.8 Å². The Labute approximate surface area is 192 Å². The van der Waals surface area contributed by atoms with Crippen LogP contribution in [-0.4, -0.2) is 20.3 Å². The van der Waals surface area contributed by atoms with Crippen LogP contribution in [0.5, 0.6) is 0 Å². The lowest BCUT2D eigenvalue weighted by atomic mass is 9.97. The summed E-state index contributed by atoms with van der Waals surface area (Å²) in [5, 5.41) is 0.551. The van der Waals surface area contributed by atoms with Crippen molar-refractivity contribution < 1.29 is 4.74 Å². The molecule has 0 saturated heterocycles. The van der Waals surface area contributed by atoms with Crippen LogP contribution >= 0.6 is 0 Å². The number of benzene rings is 2. The number of hydrogen-bond acceptors (Lipinski definition) is 3. The van der Waals surface area contributed by atoms with Gasteiger partial charge in [-0.1, -0.05) is 59.7 Å². The molecule has 0 N–H and O–H groups in total. The summed E-state index contributed by atoms with van der Waals surface area (Å²) >= 11 is 0. The second-order valence-electron chi connectivity index (χ2n) is 9.78. The molecule has 5 rings (SSSR count). The SMILES string of the molecule is Cc1ccc(-c2c3c(=O)n(C)c(=O)n(C)c3c3n2C(C)(C)CO[C@H]3c2cccc(C)c2)cc1. The highest BCUT2D eigenvalue weighted by atomic mass is 16.5. The molecule has 1 aliphatic rings. The Bertz CT molecular complexity index is 1520. The molecule has 0 saturated carbocycles. The molecule has 0 unspecified atom stereocenters. The summed E-state index contributed by atoms with van der Waals surface area (Å²) in [6, 6.07) is 16.4. The summed E-state index contributed by atoms with van der Waals surface area (Å²) in [5.74, 6) is 0. The Kier molecular flexibility index (Phi) is 4.76. The first-order valence-corrected chi connectivity index (χ1v) is 11.2. The van der Waals surface area contributed by atoms with Gasteiger partial charge in [0.15, 0.2) is 0 Å². The summed E-state index contributed by atoms with van der Waals surface area (Å²) < 4.78 is 11.5. The van der Waals surface area contributed by atoms with Gasteiger partial charge in [-0.15, -0.1) is 0 Å². The number of rotatable bonds is 2. The highest BCUT2D eigenvalue weighted by Crippen LogP contribution is 2.45. The molecule has 170 valence electrons. The van der Waals surface area contributed by atoms with Gasteiger partial charge >= 0.3 is 5.69 Å². The molecule has 6 nitrogen and oxygen atoms in total. The number of hydrogen-bond donors (Lipinski definition) is 0. The largest absolute Gasteiger partial charge is 0.365 e. The maximum atomic E-state index is 13.6. The van der Waals surface area contributed by atoms with E-state index in [1.54, 1.807) is 18.7 Å². The third-order valence-electron chi connectivity index (χ3n) is 6.74. The van der Waals surface area contributed by atoms with E-state index in [-0.39, 0.29) is 11.2 Å². The highest BCUT2D eigenvalue weighted by molar-refractivity contribution is 5.96. The van der Waals surface area contributed by atoms with E-state index in [9.17, 15) is 9.59 Å². The van der Waals surface area contributed by atoms with Gasteiger partial charge in [0.1, 0.15) is 6.10 Å². The van der Waals surface area contributed by atoms with Crippen LogP contribution in [-0.2, 0) is 24.4 Å². The van der Waals surface area contributed by atoms with Crippen LogP contribution in [0, 0.1) is 13.8 Å². The molecule has 0 amide bonds. The number of fused-ring (bicyclic) bond motifs is 3. The average molecular weight is 444 g/mol. The maximum Gasteiger partial charge on any atom is 0.331 e. The number of aryl methyl sites for hydroxylation is 3. The fourth-order valence-corrected chi connectivity index (χ4v) is 5.07. The molecule has 3 heterocycles. The molecule has 1 aliphatic heterocycles. The predicted molar refractivity (Wildman–Crippen MR) is 131 cm³/mol. The average Bonchev–Trinajstić information content (AvgIpc) is 3.14. The molecule has 1 atom stereocenters. The first kappa shape index (κ1) is 21.5. The molecule has 2 aromatic heterocycles. The molecule has 2 aromatic carbocycles. The smallest absolute Gasteiger partial charge is 0.331 e. The second-order valence-corrected chi connectivity index (χ2v) is 9.78. The van der Waals surface area contributed by atoms with Gasteiger partial charge in [0.2, 0.25) is 0 Å². The van der Waals surface area contributed by atoms with Crippen LogP contribution in [0.25, 0.3) is 22.2 Å². The minimum atomic E-state index is -0.421. The summed E-state index contributed by atoms with van der Waals surface area (Å²) in [5.41, 5.74) is 5.50. The first-order valence-electron chi connectivity index (χ1n) is 11.2. The molecule has 0 bridgehead atoms. The lowest BCUT2D eigenvalue weighted by molar-refractivity contribution is -0.00709. The quantitative estimate of drug-likeness (QED) is 0.467. The Morgan fingerprint density at radius 2 is 1.64 bits per heavy atom. The molecule has 6 heteroatoms. The minimum absolute atomic E-state index is 0.288. The van der Waals surface area contributed by atoms with Crippen molar-refractivity contribution in [3.63, 3.8) is 0 Å². The first-order chi connectivity index (χ1) is 15.6. The minimum Gasteiger partial charge on any atom is -0.365 e. The van der Waals surface area contributed by atoms with E-state index in [1.807, 2.05) is 19.1 Å². The molecular weight excluding hydrogens is 414 g/mol. The fraction of sp³-hybridized carbons (Fsp3) is 0.333. The summed E-state index contributed by atoms with van der Waals surface area (Å²) in [6.45, 7) is 8.80. The van der Waals surface area contributed by atoms with Crippen molar-refractivity contribution in [2.75, 3.05) is 6.61 Å². The normalized spacial score (nSPS) is 17.3. The predicted octanol–water partition coefficient (Wildman–Crippen LogP) is 4.18. The molecule has 4 aromatic rings. The third-order valence-corrected chi connectivity index (χ3v) is 6.74. The van der Waals surface area contributed by atoms with Crippen molar-refractivity contribution in [3.8, 4) is 11.3 Å². The summed E-state index contributed by atoms with van der Waals surface area (Å²) in [4.78, 5) is 26.6. The zero-order valence-corrected chi connectivity index (χ0v) is 20.0. The van der Waals surface area contributed by atoms with Gasteiger partial charge in [0.25, 0.3) is 5.56 Å². The van der Waals surface area contributed by atoms with Crippen molar-refractivity contribution in [2.24, 2.45) is 14.1 Å². The Hall–Kier alpha value is -3.38. The Morgan fingerprint density at radius 1 is 0.939 bits per heavy atom. The van der Waals surface area contributed by atoms with Crippen molar-refractivity contribution in [1.82, 2.24) is 13.7 Å². The fourth-order valence-electron chi connectivity index (χ4n) is 5.07. The second kappa shape index (κ2) is 7.32. The van der Waals surface area contributed by atoms with Crippen LogP contribution in [0.2, 0.25) is 0 Å². The zero-order valence-electron chi connectivity index (χ0n) is 20.0. The highest BCUT2D eigenvalue weighted by Gasteiger charge is 2.40. The van der Waals surface area contributed by atoms with E-state index in [4.69, 9.17) is 4.74 Å². The van der Waals surface area contributed by atoms with Crippen LogP contribution in [0.15, 0.2) is 58.1 Å². The molecular formula is C27H29N3O3. The van der Waals surface area contributed by atoms with E-state index in [1.165, 1.54) is 4.57 Å². The van der Waals surface area contributed by atoms with Crippen molar-refractivity contribution in [1.29, 1.82) is 0 Å². The third kappa shape index (κ3) is 3.12. The zero-order chi connectivity index (χ0) is 23.7. The van der Waals surface area contributed by atoms with E-state index < -0.39 is 11.6 Å². The lowest BCUT2D eigenvalue weighted by Crippen LogP contribution is -2.40. The van der Waals surface area contributed by atoms with E-state index >= 15 is 0 Å². The Balaban J connectivity index is 2.01. The lowest BCUT2D eigenvalue weighted by Gasteiger charge is -2.39. The molecule has 0 radical (unpaired) electrons. The van der Waals surface area contributed by atoms with E-state index in [0.29, 0.717) is 17.5 Å². The Morgan fingerprint density at radius 3 is 2.30 bits per heavy atom. The molecule has 0 spiro atoms. The van der Waals surface area contributed by atoms with Gasteiger partial charge in [-0.3, -0.25) is 13.9 Å². The van der Waals surface area contributed by atoms with Gasteiger partial charge in [0.05, 0.1) is 34.4 Å². The molecule has 0 aliphatic carbocycles. The van der Waals surface area contributed by atoms with E-state index in [0.717, 1.165) is 33.6 Å². The monoisotopic (exact) mass is 443 g/mol. The van der Waals surface area contributed by atoms with Crippen LogP contribution in [0.1, 0.15) is 42.3 Å². The van der Waals surface area contributed by atoms with Gasteiger partial charge in [-0.2, -0.15) is 0 Å². The molecule has 33 heavy (non-hydrogen) atoms. The molecule has 0 fully saturated rings. The van der Waals surface area contributed by atoms with Crippen LogP contribution in [0.3, 0.4) is 0 Å². The van der Waals surface area contributed by atoms with Gasteiger partial charge < -0.3 is 9.30 Å². The van der Waals surface area contributed by atoms with Crippen LogP contribution < -0.4 is 11.2 Å². The van der Waals surface area contributed by atoms with Crippen molar-refractivity contribution in [2.45, 2.75) is 39.3 Å². The summed E-state index contributed by atoms with van der Waals surface area (Å²) in [6.07, 6.45) is -0.391. The van der Waals surface area contributed by atoms with Crippen molar-refractivity contribution >= 4 is 10.9 Å². The number of aromatic nitrogens is 3. The van der Waals surface area contributed by atoms with Gasteiger partial charge in [0, 0.05) is 14.1 Å². The van der Waals surface area contributed by atoms with Gasteiger partial charge in [-0.25, -0.2) is 4.79 Å². The summed E-state index contributed by atoms with van der Waals surface area (Å²) in [7, 11) is 3.28. The number of nitrogens with zero attached hydrogens (tertiary/aromatic N) is 3.